The minimum Gasteiger partial charge on any atom is -0.507 e. The number of methoxy groups -OCH3 is 1. The highest BCUT2D eigenvalue weighted by Gasteiger charge is 2.19. The molecule has 150 valence electrons. The molecule has 4 rings (SSSR count). The number of carbonyl (C=O) groups is 1. The molecule has 1 heterocycles. The number of ether oxygens (including phenoxy) is 1. The van der Waals surface area contributed by atoms with Gasteiger partial charge in [-0.15, -0.1) is 0 Å². The van der Waals surface area contributed by atoms with Crippen LogP contribution >= 0.6 is 0 Å². The molecule has 1 aromatic heterocycles. The predicted octanol–water partition coefficient (Wildman–Crippen LogP) is 4.32. The largest absolute Gasteiger partial charge is 0.507 e. The molecule has 0 bridgehead atoms. The fourth-order valence-electron chi connectivity index (χ4n) is 3.21. The van der Waals surface area contributed by atoms with Crippen molar-refractivity contribution in [3.05, 3.63) is 78.5 Å². The number of phenols is 2. The van der Waals surface area contributed by atoms with Crippen molar-refractivity contribution in [3.63, 3.8) is 0 Å². The van der Waals surface area contributed by atoms with Gasteiger partial charge in [0.1, 0.15) is 23.1 Å². The monoisotopic (exact) mass is 402 g/mol. The molecule has 0 amide bonds. The summed E-state index contributed by atoms with van der Waals surface area (Å²) in [5.74, 6) is -0.264. The Labute approximate surface area is 172 Å². The van der Waals surface area contributed by atoms with Crippen LogP contribution in [0.3, 0.4) is 0 Å². The molecule has 0 unspecified atom stereocenters. The third kappa shape index (κ3) is 3.44. The molecule has 0 fully saturated rings. The van der Waals surface area contributed by atoms with Crippen LogP contribution in [0, 0.1) is 0 Å². The van der Waals surface area contributed by atoms with Gasteiger partial charge in [0.15, 0.2) is 0 Å². The van der Waals surface area contributed by atoms with Gasteiger partial charge in [-0.25, -0.2) is 9.78 Å². The molecule has 0 aliphatic rings. The van der Waals surface area contributed by atoms with Crippen molar-refractivity contribution >= 4 is 5.97 Å². The van der Waals surface area contributed by atoms with E-state index in [9.17, 15) is 20.1 Å². The zero-order valence-corrected chi connectivity index (χ0v) is 16.0. The third-order valence-corrected chi connectivity index (χ3v) is 4.68. The molecule has 0 saturated heterocycles. The van der Waals surface area contributed by atoms with Crippen LogP contribution in [0.15, 0.2) is 72.9 Å². The summed E-state index contributed by atoms with van der Waals surface area (Å²) in [6, 6.07) is 18.1. The number of para-hydroxylation sites is 2. The number of carboxylic acids is 1. The zero-order valence-electron chi connectivity index (χ0n) is 16.0. The summed E-state index contributed by atoms with van der Waals surface area (Å²) < 4.78 is 6.92. The van der Waals surface area contributed by atoms with Gasteiger partial charge in [0, 0.05) is 17.8 Å². The Morgan fingerprint density at radius 3 is 2.17 bits per heavy atom. The maximum atomic E-state index is 11.6. The van der Waals surface area contributed by atoms with Crippen LogP contribution in [0.25, 0.3) is 28.3 Å². The van der Waals surface area contributed by atoms with Crippen LogP contribution in [0.2, 0.25) is 0 Å². The second kappa shape index (κ2) is 7.63. The molecule has 0 atom stereocenters. The number of aromatic carboxylic acids is 1. The van der Waals surface area contributed by atoms with Crippen molar-refractivity contribution in [2.24, 2.45) is 0 Å². The Morgan fingerprint density at radius 1 is 0.933 bits per heavy atom. The highest BCUT2D eigenvalue weighted by atomic mass is 16.5. The van der Waals surface area contributed by atoms with Crippen LogP contribution < -0.4 is 4.74 Å². The Balaban J connectivity index is 2.00. The summed E-state index contributed by atoms with van der Waals surface area (Å²) in [4.78, 5) is 16.2. The van der Waals surface area contributed by atoms with E-state index in [1.54, 1.807) is 65.4 Å². The number of phenolic OH excluding ortho intramolecular Hbond substituents is 2. The minimum atomic E-state index is -1.10. The normalized spacial score (nSPS) is 10.7. The number of aromatic hydroxyl groups is 2. The van der Waals surface area contributed by atoms with Crippen molar-refractivity contribution in [1.82, 2.24) is 9.55 Å². The van der Waals surface area contributed by atoms with Crippen molar-refractivity contribution in [3.8, 4) is 45.6 Å². The fraction of sp³-hybridized carbons (Fsp3) is 0.0435. The first-order valence-corrected chi connectivity index (χ1v) is 9.07. The molecule has 7 heteroatoms. The smallest absolute Gasteiger partial charge is 0.335 e. The number of hydrogen-bond acceptors (Lipinski definition) is 5. The minimum absolute atomic E-state index is 0.0227. The van der Waals surface area contributed by atoms with Gasteiger partial charge in [-0.05, 0) is 36.4 Å². The number of nitrogens with zero attached hydrogens (tertiary/aromatic N) is 2. The molecule has 0 aliphatic heterocycles. The number of hydrogen-bond donors (Lipinski definition) is 3. The van der Waals surface area contributed by atoms with Crippen LogP contribution in [0.5, 0.6) is 17.2 Å². The Kier molecular flexibility index (Phi) is 4.85. The molecule has 7 nitrogen and oxygen atoms in total. The van der Waals surface area contributed by atoms with Gasteiger partial charge in [-0.1, -0.05) is 24.3 Å². The number of aromatic nitrogens is 2. The maximum absolute atomic E-state index is 11.6. The number of benzene rings is 3. The Morgan fingerprint density at radius 2 is 1.57 bits per heavy atom. The van der Waals surface area contributed by atoms with Gasteiger partial charge in [0.05, 0.1) is 29.6 Å². The third-order valence-electron chi connectivity index (χ3n) is 4.68. The second-order valence-corrected chi connectivity index (χ2v) is 6.58. The lowest BCUT2D eigenvalue weighted by Crippen LogP contribution is -2.02. The lowest BCUT2D eigenvalue weighted by molar-refractivity contribution is 0.0696. The second-order valence-electron chi connectivity index (χ2n) is 6.58. The number of rotatable bonds is 5. The average Bonchev–Trinajstić information content (AvgIpc) is 3.19. The van der Waals surface area contributed by atoms with Crippen molar-refractivity contribution < 1.29 is 24.9 Å². The number of imidazole rings is 1. The van der Waals surface area contributed by atoms with Gasteiger partial charge in [-0.3, -0.25) is 4.57 Å². The number of carboxylic acid groups (broad SMARTS) is 1. The predicted molar refractivity (Wildman–Crippen MR) is 111 cm³/mol. The van der Waals surface area contributed by atoms with E-state index in [-0.39, 0.29) is 17.1 Å². The van der Waals surface area contributed by atoms with Crippen LogP contribution in [-0.2, 0) is 0 Å². The van der Waals surface area contributed by atoms with Crippen LogP contribution in [0.4, 0.5) is 0 Å². The summed E-state index contributed by atoms with van der Waals surface area (Å²) in [7, 11) is 1.45. The van der Waals surface area contributed by atoms with Gasteiger partial charge in [0.25, 0.3) is 0 Å². The molecule has 0 spiro atoms. The molecule has 0 aliphatic carbocycles. The van der Waals surface area contributed by atoms with Gasteiger partial charge in [-0.2, -0.15) is 0 Å². The first kappa shape index (κ1) is 19.1. The van der Waals surface area contributed by atoms with Gasteiger partial charge >= 0.3 is 5.97 Å². The quantitative estimate of drug-likeness (QED) is 0.459. The molecule has 3 N–H and O–H groups in total. The van der Waals surface area contributed by atoms with E-state index < -0.39 is 5.97 Å². The lowest BCUT2D eigenvalue weighted by atomic mass is 10.1. The Hall–Kier alpha value is -4.26. The molecule has 0 radical (unpaired) electrons. The standard InChI is InChI=1S/C23H18N2O5/c1-30-16-11-14(23(28)29)10-15(12-16)25-13-19(17-6-2-4-8-20(17)26)24-22(25)18-7-3-5-9-21(18)27/h2-13,26-27H,1H3,(H,28,29). The van der Waals surface area contributed by atoms with E-state index in [1.807, 2.05) is 0 Å². The van der Waals surface area contributed by atoms with Crippen LogP contribution in [-0.4, -0.2) is 37.9 Å². The Bertz CT molecular complexity index is 1250. The van der Waals surface area contributed by atoms with E-state index in [4.69, 9.17) is 4.74 Å². The summed E-state index contributed by atoms with van der Waals surface area (Å²) >= 11 is 0. The van der Waals surface area contributed by atoms with Crippen molar-refractivity contribution in [2.75, 3.05) is 7.11 Å². The fourth-order valence-corrected chi connectivity index (χ4v) is 3.21. The van der Waals surface area contributed by atoms with E-state index in [0.717, 1.165) is 0 Å². The molecular weight excluding hydrogens is 384 g/mol. The molecule has 0 saturated carbocycles. The molecule has 30 heavy (non-hydrogen) atoms. The summed E-state index contributed by atoms with van der Waals surface area (Å²) in [5, 5.41) is 30.1. The van der Waals surface area contributed by atoms with Gasteiger partial charge < -0.3 is 20.1 Å². The molecule has 3 aromatic carbocycles. The molecular formula is C23H18N2O5. The SMILES string of the molecule is COc1cc(C(=O)O)cc(-n2cc(-c3ccccc3O)nc2-c2ccccc2O)c1. The van der Waals surface area contributed by atoms with E-state index in [1.165, 1.54) is 19.2 Å². The average molecular weight is 402 g/mol. The van der Waals surface area contributed by atoms with Gasteiger partial charge in [0.2, 0.25) is 0 Å². The van der Waals surface area contributed by atoms with E-state index in [2.05, 4.69) is 4.98 Å². The highest BCUT2D eigenvalue weighted by Crippen LogP contribution is 2.36. The van der Waals surface area contributed by atoms with Crippen molar-refractivity contribution in [1.29, 1.82) is 0 Å². The first-order valence-electron chi connectivity index (χ1n) is 9.07. The van der Waals surface area contributed by atoms with Crippen LogP contribution in [0.1, 0.15) is 10.4 Å². The highest BCUT2D eigenvalue weighted by molar-refractivity contribution is 5.89. The summed E-state index contributed by atoms with van der Waals surface area (Å²) in [5.41, 5.74) is 1.96. The lowest BCUT2D eigenvalue weighted by Gasteiger charge is -2.11. The summed E-state index contributed by atoms with van der Waals surface area (Å²) in [6.07, 6.45) is 1.68. The topological polar surface area (TPSA) is 105 Å². The van der Waals surface area contributed by atoms with E-state index in [0.29, 0.717) is 34.1 Å². The van der Waals surface area contributed by atoms with Crippen molar-refractivity contribution in [2.45, 2.75) is 0 Å². The maximum Gasteiger partial charge on any atom is 0.335 e. The zero-order chi connectivity index (χ0) is 21.3. The first-order chi connectivity index (χ1) is 14.5. The van der Waals surface area contributed by atoms with E-state index >= 15 is 0 Å². The summed E-state index contributed by atoms with van der Waals surface area (Å²) in [6.45, 7) is 0. The molecule has 4 aromatic rings.